The van der Waals surface area contributed by atoms with Gasteiger partial charge in [-0.05, 0) is 43.0 Å². The molecule has 3 aromatic rings. The van der Waals surface area contributed by atoms with E-state index in [4.69, 9.17) is 11.6 Å². The van der Waals surface area contributed by atoms with Gasteiger partial charge < -0.3 is 15.2 Å². The monoisotopic (exact) mass is 383 g/mol. The number of nitrogens with one attached hydrogen (secondary N) is 2. The second-order valence-corrected chi connectivity index (χ2v) is 7.29. The van der Waals surface area contributed by atoms with Crippen LogP contribution in [-0.2, 0) is 11.2 Å². The number of nitrogens with zero attached hydrogens (tertiary/aromatic N) is 3. The second-order valence-electron chi connectivity index (χ2n) is 6.90. The van der Waals surface area contributed by atoms with Crippen LogP contribution in [0.3, 0.4) is 0 Å². The van der Waals surface area contributed by atoms with Crippen LogP contribution in [0.4, 0.5) is 5.82 Å². The maximum absolute atomic E-state index is 12.6. The van der Waals surface area contributed by atoms with E-state index in [1.807, 2.05) is 24.4 Å². The molecule has 1 aromatic carbocycles. The topological polar surface area (TPSA) is 73.9 Å². The van der Waals surface area contributed by atoms with Gasteiger partial charge in [-0.3, -0.25) is 4.79 Å². The Morgan fingerprint density at radius 3 is 3.00 bits per heavy atom. The lowest BCUT2D eigenvalue weighted by molar-refractivity contribution is -0.125. The maximum Gasteiger partial charge on any atom is 0.224 e. The van der Waals surface area contributed by atoms with Crippen LogP contribution < -0.4 is 10.2 Å². The van der Waals surface area contributed by atoms with E-state index in [0.717, 1.165) is 37.1 Å². The summed E-state index contributed by atoms with van der Waals surface area (Å²) in [5.74, 6) is 0.858. The van der Waals surface area contributed by atoms with Crippen LogP contribution in [0.15, 0.2) is 42.6 Å². The van der Waals surface area contributed by atoms with Gasteiger partial charge >= 0.3 is 0 Å². The highest BCUT2D eigenvalue weighted by Crippen LogP contribution is 2.22. The van der Waals surface area contributed by atoms with Crippen LogP contribution in [0.1, 0.15) is 18.4 Å². The number of amides is 1. The fourth-order valence-corrected chi connectivity index (χ4v) is 3.78. The van der Waals surface area contributed by atoms with E-state index in [1.165, 1.54) is 10.9 Å². The molecule has 0 aliphatic carbocycles. The number of fused-ring (bicyclic) bond motifs is 1. The third-order valence-corrected chi connectivity index (χ3v) is 5.30. The molecule has 1 atom stereocenters. The summed E-state index contributed by atoms with van der Waals surface area (Å²) in [7, 11) is 0. The van der Waals surface area contributed by atoms with Gasteiger partial charge in [0, 0.05) is 36.7 Å². The number of para-hydroxylation sites is 1. The number of H-pyrrole nitrogens is 1. The van der Waals surface area contributed by atoms with E-state index in [-0.39, 0.29) is 11.8 Å². The molecule has 0 unspecified atom stereocenters. The van der Waals surface area contributed by atoms with Crippen molar-refractivity contribution in [3.8, 4) is 0 Å². The molecule has 7 heteroatoms. The van der Waals surface area contributed by atoms with Crippen molar-refractivity contribution < 1.29 is 4.79 Å². The van der Waals surface area contributed by atoms with Crippen molar-refractivity contribution in [1.29, 1.82) is 0 Å². The van der Waals surface area contributed by atoms with E-state index in [9.17, 15) is 4.79 Å². The average molecular weight is 384 g/mol. The molecule has 2 N–H and O–H groups in total. The SMILES string of the molecule is O=C(NCCc1c[nH]c2ccccc12)[C@H]1CCCN(c2ccc(Cl)nn2)C1. The van der Waals surface area contributed by atoms with Gasteiger partial charge in [0.25, 0.3) is 0 Å². The van der Waals surface area contributed by atoms with Gasteiger partial charge in [0.2, 0.25) is 5.91 Å². The van der Waals surface area contributed by atoms with Crippen molar-refractivity contribution in [3.63, 3.8) is 0 Å². The van der Waals surface area contributed by atoms with E-state index >= 15 is 0 Å². The van der Waals surface area contributed by atoms with Gasteiger partial charge in [0.05, 0.1) is 5.92 Å². The molecule has 3 heterocycles. The van der Waals surface area contributed by atoms with Crippen molar-refractivity contribution >= 4 is 34.2 Å². The molecule has 1 amide bonds. The Kier molecular flexibility index (Phi) is 5.25. The lowest BCUT2D eigenvalue weighted by Gasteiger charge is -2.32. The highest BCUT2D eigenvalue weighted by molar-refractivity contribution is 6.29. The highest BCUT2D eigenvalue weighted by Gasteiger charge is 2.26. The van der Waals surface area contributed by atoms with Gasteiger partial charge in [0.15, 0.2) is 11.0 Å². The van der Waals surface area contributed by atoms with Gasteiger partial charge in [-0.15, -0.1) is 10.2 Å². The Morgan fingerprint density at radius 1 is 1.26 bits per heavy atom. The van der Waals surface area contributed by atoms with E-state index in [2.05, 4.69) is 37.5 Å². The Morgan fingerprint density at radius 2 is 2.15 bits per heavy atom. The number of rotatable bonds is 5. The Labute approximate surface area is 162 Å². The van der Waals surface area contributed by atoms with E-state index in [1.54, 1.807) is 6.07 Å². The standard InChI is InChI=1S/C20H22ClN5O/c21-18-7-8-19(25-24-18)26-11-3-4-15(13-26)20(27)22-10-9-14-12-23-17-6-2-1-5-16(14)17/h1-2,5-8,12,15,23H,3-4,9-11,13H2,(H,22,27)/t15-/m0/s1. The minimum atomic E-state index is -0.0285. The van der Waals surface area contributed by atoms with Crippen molar-refractivity contribution in [2.45, 2.75) is 19.3 Å². The molecular weight excluding hydrogens is 362 g/mol. The van der Waals surface area contributed by atoms with Crippen molar-refractivity contribution in [3.05, 3.63) is 53.3 Å². The van der Waals surface area contributed by atoms with E-state index in [0.29, 0.717) is 18.2 Å². The van der Waals surface area contributed by atoms with Gasteiger partial charge in [0.1, 0.15) is 0 Å². The molecule has 27 heavy (non-hydrogen) atoms. The summed E-state index contributed by atoms with van der Waals surface area (Å²) in [5.41, 5.74) is 2.36. The largest absolute Gasteiger partial charge is 0.361 e. The number of carbonyl (C=O) groups excluding carboxylic acids is 1. The van der Waals surface area contributed by atoms with Crippen molar-refractivity contribution in [2.75, 3.05) is 24.5 Å². The number of carbonyl (C=O) groups is 1. The number of halogens is 1. The molecule has 0 saturated carbocycles. The summed E-state index contributed by atoms with van der Waals surface area (Å²) in [6.07, 6.45) is 4.70. The number of anilines is 1. The summed E-state index contributed by atoms with van der Waals surface area (Å²) in [6, 6.07) is 11.8. The summed E-state index contributed by atoms with van der Waals surface area (Å²) in [6.45, 7) is 2.18. The summed E-state index contributed by atoms with van der Waals surface area (Å²) < 4.78 is 0. The van der Waals surface area contributed by atoms with E-state index < -0.39 is 0 Å². The highest BCUT2D eigenvalue weighted by atomic mass is 35.5. The Hall–Kier alpha value is -2.60. The average Bonchev–Trinajstić information content (AvgIpc) is 3.12. The summed E-state index contributed by atoms with van der Waals surface area (Å²) in [5, 5.41) is 12.7. The minimum Gasteiger partial charge on any atom is -0.361 e. The third-order valence-electron chi connectivity index (χ3n) is 5.10. The number of benzene rings is 1. The molecule has 2 aromatic heterocycles. The molecule has 0 bridgehead atoms. The van der Waals surface area contributed by atoms with Crippen LogP contribution in [0.5, 0.6) is 0 Å². The number of aromatic nitrogens is 3. The van der Waals surface area contributed by atoms with Gasteiger partial charge in [-0.25, -0.2) is 0 Å². The molecule has 0 radical (unpaired) electrons. The lowest BCUT2D eigenvalue weighted by Crippen LogP contribution is -2.43. The zero-order valence-corrected chi connectivity index (χ0v) is 15.7. The first-order valence-electron chi connectivity index (χ1n) is 9.27. The van der Waals surface area contributed by atoms with Crippen molar-refractivity contribution in [1.82, 2.24) is 20.5 Å². The van der Waals surface area contributed by atoms with Crippen LogP contribution in [0, 0.1) is 5.92 Å². The first-order chi connectivity index (χ1) is 13.2. The molecule has 1 saturated heterocycles. The quantitative estimate of drug-likeness (QED) is 0.709. The number of piperidine rings is 1. The predicted molar refractivity (Wildman–Crippen MR) is 107 cm³/mol. The Bertz CT molecular complexity index is 924. The van der Waals surface area contributed by atoms with Crippen LogP contribution in [0.25, 0.3) is 10.9 Å². The first-order valence-corrected chi connectivity index (χ1v) is 9.65. The molecule has 1 aliphatic rings. The predicted octanol–water partition coefficient (Wildman–Crippen LogP) is 3.19. The van der Waals surface area contributed by atoms with Crippen molar-refractivity contribution in [2.24, 2.45) is 5.92 Å². The summed E-state index contributed by atoms with van der Waals surface area (Å²) in [4.78, 5) is 18.0. The molecule has 140 valence electrons. The van der Waals surface area contributed by atoms with Crippen LogP contribution in [-0.4, -0.2) is 40.7 Å². The molecule has 0 spiro atoms. The molecule has 1 aliphatic heterocycles. The minimum absolute atomic E-state index is 0.0285. The Balaban J connectivity index is 1.32. The zero-order chi connectivity index (χ0) is 18.6. The van der Waals surface area contributed by atoms with Gasteiger partial charge in [-0.1, -0.05) is 29.8 Å². The second kappa shape index (κ2) is 7.96. The molecular formula is C20H22ClN5O. The normalized spacial score (nSPS) is 17.2. The molecule has 4 rings (SSSR count). The molecule has 6 nitrogen and oxygen atoms in total. The fourth-order valence-electron chi connectivity index (χ4n) is 3.68. The van der Waals surface area contributed by atoms with Gasteiger partial charge in [-0.2, -0.15) is 0 Å². The lowest BCUT2D eigenvalue weighted by atomic mass is 9.97. The smallest absolute Gasteiger partial charge is 0.224 e. The van der Waals surface area contributed by atoms with Crippen LogP contribution in [0.2, 0.25) is 5.15 Å². The molecule has 1 fully saturated rings. The maximum atomic E-state index is 12.6. The first kappa shape index (κ1) is 17.8. The number of hydrogen-bond acceptors (Lipinski definition) is 4. The zero-order valence-electron chi connectivity index (χ0n) is 15.0. The number of hydrogen-bond donors (Lipinski definition) is 2. The van der Waals surface area contributed by atoms with Crippen LogP contribution >= 0.6 is 11.6 Å². The third kappa shape index (κ3) is 4.06. The number of aromatic amines is 1. The summed E-state index contributed by atoms with van der Waals surface area (Å²) >= 11 is 5.81. The fraction of sp³-hybridized carbons (Fsp3) is 0.350.